The zero-order valence-electron chi connectivity index (χ0n) is 16.7. The maximum Gasteiger partial charge on any atom is 0.121 e. The quantitative estimate of drug-likeness (QED) is 0.419. The van der Waals surface area contributed by atoms with Crippen LogP contribution in [0.1, 0.15) is 52.7 Å². The van der Waals surface area contributed by atoms with Gasteiger partial charge in [0.2, 0.25) is 0 Å². The van der Waals surface area contributed by atoms with Crippen LogP contribution >= 0.6 is 0 Å². The molecule has 3 heteroatoms. The molecule has 0 aromatic heterocycles. The number of benzene rings is 1. The van der Waals surface area contributed by atoms with Gasteiger partial charge in [-0.05, 0) is 48.8 Å². The number of hydrogen-bond acceptors (Lipinski definition) is 1. The molecule has 0 saturated carbocycles. The van der Waals surface area contributed by atoms with E-state index in [2.05, 4.69) is 77.0 Å². The molecule has 1 rings (SSSR count). The van der Waals surface area contributed by atoms with E-state index in [1.165, 1.54) is 53.9 Å². The number of nitrogens with zero attached hydrogens (tertiary/aromatic N) is 1. The van der Waals surface area contributed by atoms with Crippen LogP contribution in [0.3, 0.4) is 0 Å². The third-order valence-corrected chi connectivity index (χ3v) is 19.9. The van der Waals surface area contributed by atoms with Crippen molar-refractivity contribution in [2.45, 2.75) is 91.3 Å². The Labute approximate surface area is 147 Å². The standard InChI is InChI=1S/C20H39NSi2/c1-8-22(9-2,10-3)21(23(11-4,12-5)13-6)18-20-16-14-19(7)15-17-20/h14-17H,8-13,18H2,1-7H3. The average molecular weight is 350 g/mol. The van der Waals surface area contributed by atoms with Gasteiger partial charge >= 0.3 is 0 Å². The van der Waals surface area contributed by atoms with E-state index < -0.39 is 16.5 Å². The smallest absolute Gasteiger partial charge is 0.121 e. The predicted octanol–water partition coefficient (Wildman–Crippen LogP) is 6.81. The van der Waals surface area contributed by atoms with E-state index in [4.69, 9.17) is 0 Å². The van der Waals surface area contributed by atoms with Crippen molar-refractivity contribution in [2.24, 2.45) is 0 Å². The summed E-state index contributed by atoms with van der Waals surface area (Å²) in [6.07, 6.45) is 0. The van der Waals surface area contributed by atoms with Crippen molar-refractivity contribution in [3.05, 3.63) is 35.4 Å². The van der Waals surface area contributed by atoms with Crippen LogP contribution in [-0.2, 0) is 6.54 Å². The molecule has 1 aromatic rings. The van der Waals surface area contributed by atoms with E-state index in [0.29, 0.717) is 0 Å². The van der Waals surface area contributed by atoms with Crippen molar-refractivity contribution in [2.75, 3.05) is 0 Å². The summed E-state index contributed by atoms with van der Waals surface area (Å²) in [4.78, 5) is 0. The van der Waals surface area contributed by atoms with Crippen LogP contribution in [-0.4, -0.2) is 20.7 Å². The zero-order chi connectivity index (χ0) is 17.5. The van der Waals surface area contributed by atoms with Gasteiger partial charge in [-0.1, -0.05) is 71.4 Å². The number of hydrogen-bond donors (Lipinski definition) is 0. The largest absolute Gasteiger partial charge is 0.341 e. The molecule has 0 unspecified atom stereocenters. The molecule has 0 fully saturated rings. The fraction of sp³-hybridized carbons (Fsp3) is 0.700. The molecule has 0 spiro atoms. The highest BCUT2D eigenvalue weighted by atomic mass is 28.4. The summed E-state index contributed by atoms with van der Waals surface area (Å²) >= 11 is 0. The average Bonchev–Trinajstić information content (AvgIpc) is 2.60. The molecular weight excluding hydrogens is 310 g/mol. The second-order valence-electron chi connectivity index (χ2n) is 7.14. The molecular formula is C20H39NSi2. The monoisotopic (exact) mass is 349 g/mol. The molecule has 23 heavy (non-hydrogen) atoms. The van der Waals surface area contributed by atoms with Gasteiger partial charge in [0.05, 0.1) is 0 Å². The van der Waals surface area contributed by atoms with Gasteiger partial charge < -0.3 is 4.23 Å². The molecule has 132 valence electrons. The fourth-order valence-electron chi connectivity index (χ4n) is 4.36. The van der Waals surface area contributed by atoms with Crippen molar-refractivity contribution < 1.29 is 0 Å². The Hall–Kier alpha value is -0.386. The molecule has 0 aliphatic carbocycles. The molecule has 0 aliphatic heterocycles. The predicted molar refractivity (Wildman–Crippen MR) is 111 cm³/mol. The molecule has 0 saturated heterocycles. The highest BCUT2D eigenvalue weighted by Gasteiger charge is 2.45. The Morgan fingerprint density at radius 2 is 1.00 bits per heavy atom. The third kappa shape index (κ3) is 4.37. The molecule has 0 bridgehead atoms. The highest BCUT2D eigenvalue weighted by Crippen LogP contribution is 2.37. The summed E-state index contributed by atoms with van der Waals surface area (Å²) in [5.41, 5.74) is 2.89. The Kier molecular flexibility index (Phi) is 8.25. The SMILES string of the molecule is CC[Si](CC)(CC)N(Cc1ccc(C)cc1)[Si](CC)(CC)CC. The lowest BCUT2D eigenvalue weighted by Crippen LogP contribution is -2.65. The van der Waals surface area contributed by atoms with E-state index in [-0.39, 0.29) is 0 Å². The van der Waals surface area contributed by atoms with Gasteiger partial charge in [0.15, 0.2) is 0 Å². The lowest BCUT2D eigenvalue weighted by molar-refractivity contribution is 0.571. The molecule has 1 aromatic carbocycles. The number of rotatable bonds is 10. The Bertz CT molecular complexity index is 411. The maximum absolute atomic E-state index is 3.16. The van der Waals surface area contributed by atoms with Crippen LogP contribution in [0.15, 0.2) is 24.3 Å². The van der Waals surface area contributed by atoms with Crippen LogP contribution in [0.25, 0.3) is 0 Å². The lowest BCUT2D eigenvalue weighted by atomic mass is 10.2. The molecule has 0 atom stereocenters. The zero-order valence-corrected chi connectivity index (χ0v) is 18.7. The second kappa shape index (κ2) is 9.19. The van der Waals surface area contributed by atoms with E-state index in [1.807, 2.05) is 0 Å². The summed E-state index contributed by atoms with van der Waals surface area (Å²) in [6, 6.07) is 17.7. The Morgan fingerprint density at radius 3 is 1.30 bits per heavy atom. The van der Waals surface area contributed by atoms with E-state index in [1.54, 1.807) is 0 Å². The minimum Gasteiger partial charge on any atom is -0.341 e. The summed E-state index contributed by atoms with van der Waals surface area (Å²) < 4.78 is 3.16. The Morgan fingerprint density at radius 1 is 0.652 bits per heavy atom. The normalized spacial score (nSPS) is 12.9. The molecule has 0 aliphatic rings. The molecule has 0 heterocycles. The second-order valence-corrected chi connectivity index (χ2v) is 17.8. The minimum atomic E-state index is -1.35. The third-order valence-electron chi connectivity index (χ3n) is 6.56. The van der Waals surface area contributed by atoms with Gasteiger partial charge in [0.1, 0.15) is 16.5 Å². The topological polar surface area (TPSA) is 3.24 Å². The first-order chi connectivity index (χ1) is 11.0. The summed E-state index contributed by atoms with van der Waals surface area (Å²) in [5.74, 6) is 0. The van der Waals surface area contributed by atoms with Crippen molar-refractivity contribution in [1.82, 2.24) is 4.23 Å². The van der Waals surface area contributed by atoms with E-state index >= 15 is 0 Å². The first kappa shape index (κ1) is 20.7. The van der Waals surface area contributed by atoms with Crippen LogP contribution in [0, 0.1) is 6.92 Å². The van der Waals surface area contributed by atoms with E-state index in [0.717, 1.165) is 0 Å². The van der Waals surface area contributed by atoms with Gasteiger partial charge in [-0.25, -0.2) is 0 Å². The van der Waals surface area contributed by atoms with E-state index in [9.17, 15) is 0 Å². The molecule has 0 radical (unpaired) electrons. The van der Waals surface area contributed by atoms with Crippen LogP contribution in [0.4, 0.5) is 0 Å². The van der Waals surface area contributed by atoms with Gasteiger partial charge in [0.25, 0.3) is 0 Å². The van der Waals surface area contributed by atoms with Crippen molar-refractivity contribution in [3.63, 3.8) is 0 Å². The van der Waals surface area contributed by atoms with Gasteiger partial charge in [-0.2, -0.15) is 0 Å². The maximum atomic E-state index is 3.16. The van der Waals surface area contributed by atoms with Crippen molar-refractivity contribution in [3.8, 4) is 0 Å². The Balaban J connectivity index is 3.32. The van der Waals surface area contributed by atoms with Crippen LogP contribution in [0.5, 0.6) is 0 Å². The van der Waals surface area contributed by atoms with Crippen LogP contribution in [0.2, 0.25) is 36.3 Å². The van der Waals surface area contributed by atoms with Gasteiger partial charge in [-0.15, -0.1) is 0 Å². The molecule has 1 nitrogen and oxygen atoms in total. The van der Waals surface area contributed by atoms with Crippen molar-refractivity contribution >= 4 is 16.5 Å². The van der Waals surface area contributed by atoms with Crippen molar-refractivity contribution in [1.29, 1.82) is 0 Å². The lowest BCUT2D eigenvalue weighted by Gasteiger charge is -2.52. The summed E-state index contributed by atoms with van der Waals surface area (Å²) in [5, 5.41) is 0. The molecule has 0 N–H and O–H groups in total. The molecule has 0 amide bonds. The summed E-state index contributed by atoms with van der Waals surface area (Å²) in [7, 11) is -2.69. The first-order valence-electron chi connectivity index (χ1n) is 9.80. The minimum absolute atomic E-state index is 1.20. The fourth-order valence-corrected chi connectivity index (χ4v) is 17.6. The highest BCUT2D eigenvalue weighted by molar-refractivity contribution is 6.92. The summed E-state index contributed by atoms with van der Waals surface area (Å²) in [6.45, 7) is 18.1. The first-order valence-corrected chi connectivity index (χ1v) is 14.9. The van der Waals surface area contributed by atoms with Gasteiger partial charge in [-0.3, -0.25) is 0 Å². The van der Waals surface area contributed by atoms with Gasteiger partial charge in [0, 0.05) is 6.54 Å². The van der Waals surface area contributed by atoms with Crippen LogP contribution < -0.4 is 0 Å². The number of aryl methyl sites for hydroxylation is 1.